The highest BCUT2D eigenvalue weighted by atomic mass is 16.7. The van der Waals surface area contributed by atoms with Crippen LogP contribution in [0.4, 0.5) is 4.79 Å². The minimum atomic E-state index is -0.569. The molecule has 0 unspecified atom stereocenters. The van der Waals surface area contributed by atoms with E-state index in [0.29, 0.717) is 43.9 Å². The molecule has 10 nitrogen and oxygen atoms in total. The molecule has 236 valence electrons. The van der Waals surface area contributed by atoms with E-state index < -0.39 is 6.10 Å². The molecule has 1 aromatic carbocycles. The van der Waals surface area contributed by atoms with Crippen molar-refractivity contribution >= 4 is 12.0 Å². The molecule has 0 aliphatic carbocycles. The van der Waals surface area contributed by atoms with E-state index in [9.17, 15) is 9.59 Å². The van der Waals surface area contributed by atoms with Gasteiger partial charge in [0.1, 0.15) is 6.10 Å². The molecule has 4 fully saturated rings. The summed E-state index contributed by atoms with van der Waals surface area (Å²) in [5.41, 5.74) is 2.06. The quantitative estimate of drug-likeness (QED) is 0.351. The Balaban J connectivity index is 1.07. The van der Waals surface area contributed by atoms with E-state index in [4.69, 9.17) is 23.7 Å². The Labute approximate surface area is 255 Å². The third kappa shape index (κ3) is 8.67. The molecule has 1 N–H and O–H groups in total. The second-order valence-electron chi connectivity index (χ2n) is 13.0. The van der Waals surface area contributed by atoms with Crippen LogP contribution in [0.5, 0.6) is 0 Å². The largest absolute Gasteiger partial charge is 0.441 e. The van der Waals surface area contributed by atoms with Crippen molar-refractivity contribution in [3.05, 3.63) is 59.2 Å². The number of nitrogens with zero attached hydrogens (tertiary/aromatic N) is 2. The van der Waals surface area contributed by atoms with Crippen LogP contribution in [0.25, 0.3) is 0 Å². The highest BCUT2D eigenvalue weighted by Crippen LogP contribution is 2.46. The van der Waals surface area contributed by atoms with Crippen molar-refractivity contribution in [1.82, 2.24) is 15.1 Å². The Morgan fingerprint density at radius 2 is 1.84 bits per heavy atom. The van der Waals surface area contributed by atoms with Gasteiger partial charge < -0.3 is 38.8 Å². The Kier molecular flexibility index (Phi) is 9.93. The van der Waals surface area contributed by atoms with E-state index in [2.05, 4.69) is 49.2 Å². The fraction of sp³-hybridized carbons (Fsp3) is 0.636. The second kappa shape index (κ2) is 13.5. The van der Waals surface area contributed by atoms with Gasteiger partial charge in [-0.3, -0.25) is 4.79 Å². The van der Waals surface area contributed by atoms with Gasteiger partial charge in [0.25, 0.3) is 5.91 Å². The summed E-state index contributed by atoms with van der Waals surface area (Å²) >= 11 is 0. The molecule has 4 aliphatic rings. The number of hydrogen-bond acceptors (Lipinski definition) is 8. The second-order valence-corrected chi connectivity index (χ2v) is 13.0. The summed E-state index contributed by atoms with van der Waals surface area (Å²) in [6.07, 6.45) is 7.50. The molecule has 0 radical (unpaired) electrons. The van der Waals surface area contributed by atoms with Crippen molar-refractivity contribution in [2.45, 2.75) is 82.7 Å². The summed E-state index contributed by atoms with van der Waals surface area (Å²) in [4.78, 5) is 29.8. The van der Waals surface area contributed by atoms with E-state index in [1.165, 1.54) is 0 Å². The highest BCUT2D eigenvalue weighted by Gasteiger charge is 2.53. The highest BCUT2D eigenvalue weighted by molar-refractivity contribution is 5.96. The third-order valence-corrected chi connectivity index (χ3v) is 8.53. The Morgan fingerprint density at radius 3 is 2.53 bits per heavy atom. The van der Waals surface area contributed by atoms with Gasteiger partial charge >= 0.3 is 6.09 Å². The van der Waals surface area contributed by atoms with E-state index in [0.717, 1.165) is 38.1 Å². The minimum absolute atomic E-state index is 0.00183. The van der Waals surface area contributed by atoms with Gasteiger partial charge in [0.15, 0.2) is 6.29 Å². The number of epoxide rings is 1. The molecule has 0 bridgehead atoms. The first-order chi connectivity index (χ1) is 20.5. The summed E-state index contributed by atoms with van der Waals surface area (Å²) in [5, 5.41) is 3.02. The molecule has 43 heavy (non-hydrogen) atoms. The molecule has 4 aliphatic heterocycles. The maximum Gasteiger partial charge on any atom is 0.410 e. The standard InChI is InChI=1S/C33H47N3O7/c1-23(10-12-26-18-33(22-41-33)21-32(3,4)43-26)11-13-29-39-19-25(20-40-29)34-30(37)28-9-7-6-8-27(28)24(2)42-31(38)36-16-14-35(5)15-17-36/h6-12,24-26,29H,13-22H2,1-5H3,(H,34,37)/b12-10+,23-11+/t24-,25-,26+,29+,33+/m0/s1. The molecular weight excluding hydrogens is 550 g/mol. The van der Waals surface area contributed by atoms with Gasteiger partial charge in [-0.15, -0.1) is 0 Å². The van der Waals surface area contributed by atoms with Crippen molar-refractivity contribution in [3.63, 3.8) is 0 Å². The van der Waals surface area contributed by atoms with Crippen LogP contribution in [-0.4, -0.2) is 104 Å². The van der Waals surface area contributed by atoms with Crippen molar-refractivity contribution in [2.75, 3.05) is 53.0 Å². The maximum absolute atomic E-state index is 13.2. The number of nitrogens with one attached hydrogen (secondary N) is 1. The van der Waals surface area contributed by atoms with Crippen LogP contribution in [0.3, 0.4) is 0 Å². The van der Waals surface area contributed by atoms with Crippen LogP contribution in [0.1, 0.15) is 69.0 Å². The van der Waals surface area contributed by atoms with Crippen molar-refractivity contribution < 1.29 is 33.3 Å². The summed E-state index contributed by atoms with van der Waals surface area (Å²) in [6.45, 7) is 12.5. The van der Waals surface area contributed by atoms with Crippen LogP contribution in [0.2, 0.25) is 0 Å². The molecule has 0 aromatic heterocycles. The monoisotopic (exact) mass is 597 g/mol. The molecular formula is C33H47N3O7. The van der Waals surface area contributed by atoms with Gasteiger partial charge in [0.2, 0.25) is 0 Å². The first kappa shape index (κ1) is 31.7. The fourth-order valence-electron chi connectivity index (χ4n) is 6.11. The lowest BCUT2D eigenvalue weighted by atomic mass is 9.85. The van der Waals surface area contributed by atoms with Crippen LogP contribution in [0.15, 0.2) is 48.1 Å². The molecule has 10 heteroatoms. The first-order valence-electron chi connectivity index (χ1n) is 15.4. The van der Waals surface area contributed by atoms with Crippen LogP contribution in [-0.2, 0) is 23.7 Å². The van der Waals surface area contributed by atoms with E-state index in [1.54, 1.807) is 24.0 Å². The topological polar surface area (TPSA) is 102 Å². The zero-order valence-electron chi connectivity index (χ0n) is 26.2. The molecule has 1 spiro atoms. The average Bonchev–Trinajstić information content (AvgIpc) is 3.72. The van der Waals surface area contributed by atoms with E-state index in [1.807, 2.05) is 19.2 Å². The normalized spacial score (nSPS) is 30.3. The zero-order chi connectivity index (χ0) is 30.6. The number of ether oxygens (including phenoxy) is 5. The predicted octanol–water partition coefficient (Wildman–Crippen LogP) is 4.22. The predicted molar refractivity (Wildman–Crippen MR) is 162 cm³/mol. The summed E-state index contributed by atoms with van der Waals surface area (Å²) < 4.78 is 29.5. The maximum atomic E-state index is 13.2. The SMILES string of the molecule is CC(/C=C/[C@@H]1C[C@]2(CO2)CC(C)(C)O1)=C\C[C@H]1OC[C@@H](NC(=O)c2ccccc2[C@H](C)OC(=O)N2CCN(C)CC2)CO1. The number of piperazine rings is 1. The van der Waals surface area contributed by atoms with Gasteiger partial charge in [-0.25, -0.2) is 4.79 Å². The lowest BCUT2D eigenvalue weighted by molar-refractivity contribution is -0.185. The number of hydrogen-bond donors (Lipinski definition) is 1. The van der Waals surface area contributed by atoms with Gasteiger partial charge in [-0.1, -0.05) is 42.0 Å². The molecule has 0 saturated carbocycles. The lowest BCUT2D eigenvalue weighted by Crippen LogP contribution is -2.47. The van der Waals surface area contributed by atoms with Crippen LogP contribution in [0, 0.1) is 0 Å². The van der Waals surface area contributed by atoms with Crippen LogP contribution >= 0.6 is 0 Å². The number of benzene rings is 1. The minimum Gasteiger partial charge on any atom is -0.441 e. The van der Waals surface area contributed by atoms with Crippen molar-refractivity contribution in [3.8, 4) is 0 Å². The first-order valence-corrected chi connectivity index (χ1v) is 15.4. The molecule has 2 amide bonds. The smallest absolute Gasteiger partial charge is 0.410 e. The number of carbonyl (C=O) groups is 2. The third-order valence-electron chi connectivity index (χ3n) is 8.53. The Bertz CT molecular complexity index is 1190. The molecule has 1 aromatic rings. The summed E-state index contributed by atoms with van der Waals surface area (Å²) in [6, 6.07) is 6.93. The van der Waals surface area contributed by atoms with E-state index in [-0.39, 0.29) is 41.6 Å². The summed E-state index contributed by atoms with van der Waals surface area (Å²) in [7, 11) is 2.03. The van der Waals surface area contributed by atoms with Gasteiger partial charge in [-0.05, 0) is 40.8 Å². The van der Waals surface area contributed by atoms with Crippen molar-refractivity contribution in [2.24, 2.45) is 0 Å². The molecule has 4 saturated heterocycles. The molecule has 3 atom stereocenters. The van der Waals surface area contributed by atoms with Gasteiger partial charge in [-0.2, -0.15) is 0 Å². The summed E-state index contributed by atoms with van der Waals surface area (Å²) in [5.74, 6) is -0.249. The molecule has 4 heterocycles. The number of amides is 2. The van der Waals surface area contributed by atoms with Gasteiger partial charge in [0, 0.05) is 56.6 Å². The van der Waals surface area contributed by atoms with E-state index >= 15 is 0 Å². The van der Waals surface area contributed by atoms with Crippen molar-refractivity contribution in [1.29, 1.82) is 0 Å². The van der Waals surface area contributed by atoms with Crippen LogP contribution < -0.4 is 5.32 Å². The number of allylic oxidation sites excluding steroid dienone is 2. The number of carbonyl (C=O) groups excluding carboxylic acids is 2. The Morgan fingerprint density at radius 1 is 1.14 bits per heavy atom. The fourth-order valence-corrected chi connectivity index (χ4v) is 6.11. The lowest BCUT2D eigenvalue weighted by Gasteiger charge is -2.38. The number of likely N-dealkylation sites (N-methyl/N-ethyl adjacent to an activating group) is 1. The Hall–Kier alpha value is -2.76. The number of rotatable bonds is 8. The van der Waals surface area contributed by atoms with Gasteiger partial charge in [0.05, 0.1) is 43.2 Å². The zero-order valence-corrected chi connectivity index (χ0v) is 26.2. The average molecular weight is 598 g/mol. The molecule has 5 rings (SSSR count).